The number of pyridine rings is 1. The van der Waals surface area contributed by atoms with Gasteiger partial charge in [0.15, 0.2) is 0 Å². The molecular formula is C17H18N4O3S. The van der Waals surface area contributed by atoms with Crippen LogP contribution < -0.4 is 9.21 Å². The SMILES string of the molecule is COS(=O)N(C(=O)c1ccc(N(C)C)cc1)c1cc(C)ncc1C#N. The van der Waals surface area contributed by atoms with Gasteiger partial charge in [-0.25, -0.2) is 4.21 Å². The van der Waals surface area contributed by atoms with Gasteiger partial charge in [-0.3, -0.25) is 14.0 Å². The molecule has 1 atom stereocenters. The molecular weight excluding hydrogens is 340 g/mol. The van der Waals surface area contributed by atoms with Gasteiger partial charge in [-0.05, 0) is 37.3 Å². The maximum absolute atomic E-state index is 12.9. The smallest absolute Gasteiger partial charge is 0.272 e. The van der Waals surface area contributed by atoms with Crippen LogP contribution >= 0.6 is 0 Å². The van der Waals surface area contributed by atoms with Crippen molar-refractivity contribution in [3.8, 4) is 6.07 Å². The Kier molecular flexibility index (Phi) is 5.85. The van der Waals surface area contributed by atoms with E-state index in [1.807, 2.05) is 25.1 Å². The first kappa shape index (κ1) is 18.6. The minimum Gasteiger partial charge on any atom is -0.378 e. The summed E-state index contributed by atoms with van der Waals surface area (Å²) >= 11 is -2.09. The van der Waals surface area contributed by atoms with Gasteiger partial charge in [-0.1, -0.05) is 0 Å². The van der Waals surface area contributed by atoms with E-state index in [0.717, 1.165) is 9.99 Å². The van der Waals surface area contributed by atoms with E-state index in [2.05, 4.69) is 4.98 Å². The largest absolute Gasteiger partial charge is 0.378 e. The van der Waals surface area contributed by atoms with Gasteiger partial charge < -0.3 is 4.90 Å². The zero-order valence-electron chi connectivity index (χ0n) is 14.4. The zero-order chi connectivity index (χ0) is 18.6. The van der Waals surface area contributed by atoms with Crippen molar-refractivity contribution in [1.82, 2.24) is 4.98 Å². The van der Waals surface area contributed by atoms with Crippen LogP contribution in [0.1, 0.15) is 21.6 Å². The second-order valence-corrected chi connectivity index (χ2v) is 6.51. The van der Waals surface area contributed by atoms with E-state index in [-0.39, 0.29) is 11.3 Å². The predicted octanol–water partition coefficient (Wildman–Crippen LogP) is 2.20. The van der Waals surface area contributed by atoms with Gasteiger partial charge in [0.05, 0.1) is 18.4 Å². The summed E-state index contributed by atoms with van der Waals surface area (Å²) in [5, 5.41) is 9.29. The molecule has 7 nitrogen and oxygen atoms in total. The topological polar surface area (TPSA) is 86.5 Å². The molecule has 1 unspecified atom stereocenters. The van der Waals surface area contributed by atoms with E-state index in [1.54, 1.807) is 31.2 Å². The minimum atomic E-state index is -2.09. The monoisotopic (exact) mass is 358 g/mol. The number of anilines is 2. The van der Waals surface area contributed by atoms with Gasteiger partial charge >= 0.3 is 0 Å². The van der Waals surface area contributed by atoms with Crippen LogP contribution in [0, 0.1) is 18.3 Å². The molecule has 0 saturated carbocycles. The third-order valence-electron chi connectivity index (χ3n) is 3.46. The van der Waals surface area contributed by atoms with Crippen LogP contribution in [0.3, 0.4) is 0 Å². The maximum atomic E-state index is 12.9. The van der Waals surface area contributed by atoms with Crippen LogP contribution in [0.25, 0.3) is 0 Å². The van der Waals surface area contributed by atoms with Crippen LogP contribution in [-0.2, 0) is 15.4 Å². The Morgan fingerprint density at radius 2 is 1.92 bits per heavy atom. The lowest BCUT2D eigenvalue weighted by atomic mass is 10.1. The number of hydrogen-bond acceptors (Lipinski definition) is 6. The molecule has 0 fully saturated rings. The molecule has 2 rings (SSSR count). The molecule has 1 heterocycles. The molecule has 25 heavy (non-hydrogen) atoms. The van der Waals surface area contributed by atoms with E-state index in [0.29, 0.717) is 11.3 Å². The summed E-state index contributed by atoms with van der Waals surface area (Å²) in [6.45, 7) is 1.72. The molecule has 0 aliphatic heterocycles. The van der Waals surface area contributed by atoms with E-state index in [9.17, 15) is 14.3 Å². The van der Waals surface area contributed by atoms with Crippen molar-refractivity contribution in [3.63, 3.8) is 0 Å². The number of benzene rings is 1. The van der Waals surface area contributed by atoms with Crippen LogP contribution in [0.5, 0.6) is 0 Å². The second kappa shape index (κ2) is 7.88. The van der Waals surface area contributed by atoms with Gasteiger partial charge in [0.1, 0.15) is 6.07 Å². The van der Waals surface area contributed by atoms with Crippen molar-refractivity contribution in [2.75, 3.05) is 30.4 Å². The molecule has 0 spiro atoms. The fourth-order valence-corrected chi connectivity index (χ4v) is 2.85. The third-order valence-corrected chi connectivity index (χ3v) is 4.41. The Labute approximate surface area is 149 Å². The minimum absolute atomic E-state index is 0.134. The van der Waals surface area contributed by atoms with E-state index in [1.165, 1.54) is 19.4 Å². The first-order chi connectivity index (χ1) is 11.9. The summed E-state index contributed by atoms with van der Waals surface area (Å²) in [6.07, 6.45) is 1.34. The quantitative estimate of drug-likeness (QED) is 0.814. The summed E-state index contributed by atoms with van der Waals surface area (Å²) < 4.78 is 18.1. The Morgan fingerprint density at radius 3 is 2.44 bits per heavy atom. The fraction of sp³-hybridized carbons (Fsp3) is 0.235. The second-order valence-electron chi connectivity index (χ2n) is 5.38. The average Bonchev–Trinajstić information content (AvgIpc) is 2.61. The van der Waals surface area contributed by atoms with Crippen molar-refractivity contribution < 1.29 is 13.2 Å². The molecule has 8 heteroatoms. The van der Waals surface area contributed by atoms with Crippen LogP contribution in [-0.4, -0.2) is 36.3 Å². The molecule has 130 valence electrons. The predicted molar refractivity (Wildman–Crippen MR) is 96.4 cm³/mol. The first-order valence-electron chi connectivity index (χ1n) is 7.34. The standard InChI is InChI=1S/C17H18N4O3S/c1-12-9-16(14(10-18)11-19-12)21(25(23)24-4)17(22)13-5-7-15(8-6-13)20(2)3/h5-9,11H,1-4H3. The highest BCUT2D eigenvalue weighted by Crippen LogP contribution is 2.25. The van der Waals surface area contributed by atoms with Gasteiger partial charge in [0.25, 0.3) is 17.2 Å². The van der Waals surface area contributed by atoms with E-state index < -0.39 is 17.2 Å². The molecule has 1 aromatic heterocycles. The molecule has 1 amide bonds. The molecule has 0 N–H and O–H groups in total. The Hall–Kier alpha value is -2.76. The summed E-state index contributed by atoms with van der Waals surface area (Å²) in [6, 6.07) is 10.3. The van der Waals surface area contributed by atoms with Crippen LogP contribution in [0.4, 0.5) is 11.4 Å². The summed E-state index contributed by atoms with van der Waals surface area (Å²) in [5.74, 6) is -0.535. The van der Waals surface area contributed by atoms with Crippen molar-refractivity contribution >= 4 is 28.5 Å². The lowest BCUT2D eigenvalue weighted by molar-refractivity contribution is 0.100. The average molecular weight is 358 g/mol. The molecule has 0 bridgehead atoms. The number of amides is 1. The Morgan fingerprint density at radius 1 is 1.28 bits per heavy atom. The summed E-state index contributed by atoms with van der Waals surface area (Å²) in [7, 11) is 5.01. The van der Waals surface area contributed by atoms with Crippen LogP contribution in [0.2, 0.25) is 0 Å². The number of aryl methyl sites for hydroxylation is 1. The van der Waals surface area contributed by atoms with Crippen molar-refractivity contribution in [2.24, 2.45) is 0 Å². The Bertz CT molecular complexity index is 844. The highest BCUT2D eigenvalue weighted by Gasteiger charge is 2.27. The van der Waals surface area contributed by atoms with E-state index >= 15 is 0 Å². The van der Waals surface area contributed by atoms with E-state index in [4.69, 9.17) is 4.18 Å². The molecule has 0 saturated heterocycles. The number of nitrogens with zero attached hydrogens (tertiary/aromatic N) is 4. The molecule has 0 radical (unpaired) electrons. The highest BCUT2D eigenvalue weighted by molar-refractivity contribution is 7.82. The number of rotatable bonds is 5. The van der Waals surface area contributed by atoms with Gasteiger partial charge in [0, 0.05) is 37.2 Å². The number of hydrogen-bond donors (Lipinski definition) is 0. The highest BCUT2D eigenvalue weighted by atomic mass is 32.2. The molecule has 0 aliphatic rings. The van der Waals surface area contributed by atoms with Gasteiger partial charge in [-0.15, -0.1) is 0 Å². The maximum Gasteiger partial charge on any atom is 0.272 e. The number of carbonyl (C=O) groups excluding carboxylic acids is 1. The number of carbonyl (C=O) groups is 1. The zero-order valence-corrected chi connectivity index (χ0v) is 15.2. The summed E-state index contributed by atoms with van der Waals surface area (Å²) in [4.78, 5) is 18.9. The number of aromatic nitrogens is 1. The van der Waals surface area contributed by atoms with Crippen LogP contribution in [0.15, 0.2) is 36.5 Å². The molecule has 0 aliphatic carbocycles. The lowest BCUT2D eigenvalue weighted by Gasteiger charge is -2.21. The van der Waals surface area contributed by atoms with Gasteiger partial charge in [0.2, 0.25) is 0 Å². The third kappa shape index (κ3) is 4.02. The first-order valence-corrected chi connectivity index (χ1v) is 8.37. The normalized spacial score (nSPS) is 11.5. The van der Waals surface area contributed by atoms with Gasteiger partial charge in [-0.2, -0.15) is 9.57 Å². The fourth-order valence-electron chi connectivity index (χ4n) is 2.15. The summed E-state index contributed by atoms with van der Waals surface area (Å²) in [5.41, 5.74) is 2.16. The lowest BCUT2D eigenvalue weighted by Crippen LogP contribution is -2.34. The van der Waals surface area contributed by atoms with Crippen molar-refractivity contribution in [3.05, 3.63) is 53.3 Å². The molecule has 1 aromatic carbocycles. The number of nitriles is 1. The molecule has 2 aromatic rings. The van der Waals surface area contributed by atoms with Crippen molar-refractivity contribution in [1.29, 1.82) is 5.26 Å². The van der Waals surface area contributed by atoms with Crippen molar-refractivity contribution in [2.45, 2.75) is 6.92 Å². The Balaban J connectivity index is 2.52.